The molecule has 208 valence electrons. The summed E-state index contributed by atoms with van der Waals surface area (Å²) >= 11 is 0. The molecule has 2 heterocycles. The Kier molecular flexibility index (Phi) is 9.79. The molecule has 0 spiro atoms. The summed E-state index contributed by atoms with van der Waals surface area (Å²) in [7, 11) is 1.56. The van der Waals surface area contributed by atoms with E-state index in [1.54, 1.807) is 30.2 Å². The predicted octanol–water partition coefficient (Wildman–Crippen LogP) is 4.43. The molecule has 1 saturated heterocycles. The number of hydrogen-bond acceptors (Lipinski definition) is 7. The molecule has 1 unspecified atom stereocenters. The van der Waals surface area contributed by atoms with E-state index in [2.05, 4.69) is 18.7 Å². The normalized spacial score (nSPS) is 18.4. The molecule has 39 heavy (non-hydrogen) atoms. The molecular weight excluding hydrogens is 496 g/mol. The van der Waals surface area contributed by atoms with E-state index < -0.39 is 23.5 Å². The summed E-state index contributed by atoms with van der Waals surface area (Å²) < 4.78 is 17.0. The van der Waals surface area contributed by atoms with E-state index in [1.165, 1.54) is 6.08 Å². The van der Waals surface area contributed by atoms with Gasteiger partial charge in [0.25, 0.3) is 5.91 Å². The first-order valence-electron chi connectivity index (χ1n) is 13.5. The molecule has 1 amide bonds. The lowest BCUT2D eigenvalue weighted by atomic mass is 9.95. The summed E-state index contributed by atoms with van der Waals surface area (Å²) in [6.45, 7) is 8.60. The number of morpholine rings is 1. The number of hydrogen-bond donors (Lipinski definition) is 1. The number of benzene rings is 2. The van der Waals surface area contributed by atoms with Gasteiger partial charge in [0.15, 0.2) is 23.0 Å². The summed E-state index contributed by atoms with van der Waals surface area (Å²) in [5, 5.41) is 11.0. The molecule has 8 heteroatoms. The number of ketones is 1. The van der Waals surface area contributed by atoms with Gasteiger partial charge < -0.3 is 24.2 Å². The number of methoxy groups -OCH3 is 1. The number of ether oxygens (including phenoxy) is 3. The molecule has 0 radical (unpaired) electrons. The van der Waals surface area contributed by atoms with Crippen molar-refractivity contribution in [3.05, 3.63) is 77.1 Å². The molecule has 1 N–H and O–H groups in total. The third kappa shape index (κ3) is 7.07. The van der Waals surface area contributed by atoms with E-state index in [-0.39, 0.29) is 5.57 Å². The Labute approximate surface area is 230 Å². The molecule has 2 aromatic rings. The van der Waals surface area contributed by atoms with Crippen molar-refractivity contribution in [2.24, 2.45) is 5.92 Å². The number of amides is 1. The predicted molar refractivity (Wildman–Crippen MR) is 150 cm³/mol. The number of aliphatic hydroxyl groups excluding tert-OH is 1. The molecule has 2 aliphatic rings. The zero-order valence-electron chi connectivity index (χ0n) is 23.0. The van der Waals surface area contributed by atoms with Crippen molar-refractivity contribution < 1.29 is 28.9 Å². The van der Waals surface area contributed by atoms with Gasteiger partial charge in [0, 0.05) is 26.2 Å². The monoisotopic (exact) mass is 534 g/mol. The van der Waals surface area contributed by atoms with Crippen LogP contribution in [0.4, 0.5) is 0 Å². The Hall–Kier alpha value is -3.62. The molecule has 0 saturated carbocycles. The van der Waals surface area contributed by atoms with Crippen molar-refractivity contribution in [3.8, 4) is 11.5 Å². The fourth-order valence-electron chi connectivity index (χ4n) is 4.76. The maximum atomic E-state index is 13.5. The molecule has 0 bridgehead atoms. The van der Waals surface area contributed by atoms with Crippen LogP contribution < -0.4 is 9.47 Å². The molecule has 2 aromatic carbocycles. The second kappa shape index (κ2) is 13.4. The summed E-state index contributed by atoms with van der Waals surface area (Å²) in [5.41, 5.74) is 1.57. The van der Waals surface area contributed by atoms with Gasteiger partial charge in [-0.1, -0.05) is 56.3 Å². The largest absolute Gasteiger partial charge is 0.503 e. The minimum absolute atomic E-state index is 0.0599. The molecule has 0 aliphatic carbocycles. The highest BCUT2D eigenvalue weighted by Gasteiger charge is 2.43. The van der Waals surface area contributed by atoms with Crippen LogP contribution in [0.1, 0.15) is 37.4 Å². The Morgan fingerprint density at radius 1 is 1.10 bits per heavy atom. The summed E-state index contributed by atoms with van der Waals surface area (Å²) in [5.74, 6) is 0.123. The minimum Gasteiger partial charge on any atom is -0.503 e. The molecule has 1 fully saturated rings. The second-order valence-corrected chi connectivity index (χ2v) is 10.2. The SMILES string of the molecule is COc1cc(C2C(C(=O)/C=C/c3ccccc3)=C(O)C(=O)N2CCN2CCOCC2)ccc1OCCC(C)C. The zero-order chi connectivity index (χ0) is 27.8. The van der Waals surface area contributed by atoms with Crippen molar-refractivity contribution in [2.75, 3.05) is 53.1 Å². The fraction of sp³-hybridized carbons (Fsp3) is 0.419. The first-order chi connectivity index (χ1) is 18.9. The highest BCUT2D eigenvalue weighted by Crippen LogP contribution is 2.41. The van der Waals surface area contributed by atoms with Gasteiger partial charge in [-0.3, -0.25) is 14.5 Å². The van der Waals surface area contributed by atoms with Crippen LogP contribution >= 0.6 is 0 Å². The van der Waals surface area contributed by atoms with Gasteiger partial charge in [-0.05, 0) is 41.7 Å². The lowest BCUT2D eigenvalue weighted by Crippen LogP contribution is -2.43. The summed E-state index contributed by atoms with van der Waals surface area (Å²) in [6.07, 6.45) is 4.00. The van der Waals surface area contributed by atoms with Gasteiger partial charge in [-0.2, -0.15) is 0 Å². The molecule has 8 nitrogen and oxygen atoms in total. The summed E-state index contributed by atoms with van der Waals surface area (Å²) in [6, 6.07) is 14.1. The van der Waals surface area contributed by atoms with Crippen molar-refractivity contribution in [1.82, 2.24) is 9.80 Å². The van der Waals surface area contributed by atoms with Crippen molar-refractivity contribution in [3.63, 3.8) is 0 Å². The Bertz CT molecular complexity index is 1200. The molecule has 1 atom stereocenters. The van der Waals surface area contributed by atoms with E-state index in [0.717, 1.165) is 25.1 Å². The average Bonchev–Trinajstić information content (AvgIpc) is 3.21. The Morgan fingerprint density at radius 3 is 2.54 bits per heavy atom. The van der Waals surface area contributed by atoms with Crippen LogP contribution in [0.15, 0.2) is 65.9 Å². The number of rotatable bonds is 12. The highest BCUT2D eigenvalue weighted by molar-refractivity contribution is 6.14. The van der Waals surface area contributed by atoms with Gasteiger partial charge in [0.05, 0.1) is 38.5 Å². The van der Waals surface area contributed by atoms with Crippen LogP contribution in [-0.2, 0) is 14.3 Å². The number of nitrogens with zero attached hydrogens (tertiary/aromatic N) is 2. The van der Waals surface area contributed by atoms with Gasteiger partial charge in [-0.25, -0.2) is 0 Å². The standard InChI is InChI=1S/C31H38N2O6/c1-22(2)13-18-39-26-12-10-24(21-27(26)37-3)29-28(25(34)11-9-23-7-5-4-6-8-23)30(35)31(36)33(29)15-14-32-16-19-38-20-17-32/h4-12,21-22,29,35H,13-20H2,1-3H3/b11-9+. The van der Waals surface area contributed by atoms with E-state index in [4.69, 9.17) is 14.2 Å². The number of aliphatic hydroxyl groups is 1. The van der Waals surface area contributed by atoms with Crippen molar-refractivity contribution >= 4 is 17.8 Å². The zero-order valence-corrected chi connectivity index (χ0v) is 23.0. The topological polar surface area (TPSA) is 88.5 Å². The van der Waals surface area contributed by atoms with Crippen LogP contribution in [0.25, 0.3) is 6.08 Å². The average molecular weight is 535 g/mol. The van der Waals surface area contributed by atoms with Crippen molar-refractivity contribution in [1.29, 1.82) is 0 Å². The van der Waals surface area contributed by atoms with Crippen LogP contribution in [0.3, 0.4) is 0 Å². The quantitative estimate of drug-likeness (QED) is 0.403. The first-order valence-corrected chi connectivity index (χ1v) is 13.5. The van der Waals surface area contributed by atoms with E-state index in [9.17, 15) is 14.7 Å². The van der Waals surface area contributed by atoms with Crippen LogP contribution in [0.5, 0.6) is 11.5 Å². The van der Waals surface area contributed by atoms with Crippen molar-refractivity contribution in [2.45, 2.75) is 26.3 Å². The molecule has 2 aliphatic heterocycles. The molecule has 0 aromatic heterocycles. The van der Waals surface area contributed by atoms with Gasteiger partial charge in [0.2, 0.25) is 0 Å². The number of allylic oxidation sites excluding steroid dienone is 1. The van der Waals surface area contributed by atoms with Gasteiger partial charge >= 0.3 is 0 Å². The van der Waals surface area contributed by atoms with Gasteiger partial charge in [0.1, 0.15) is 0 Å². The maximum Gasteiger partial charge on any atom is 0.290 e. The lowest BCUT2D eigenvalue weighted by molar-refractivity contribution is -0.129. The Balaban J connectivity index is 1.64. The third-order valence-corrected chi connectivity index (χ3v) is 7.01. The smallest absolute Gasteiger partial charge is 0.290 e. The molecular formula is C31H38N2O6. The minimum atomic E-state index is -0.759. The summed E-state index contributed by atoms with van der Waals surface area (Å²) in [4.78, 5) is 30.6. The number of carbonyl (C=O) groups excluding carboxylic acids is 2. The molecule has 4 rings (SSSR count). The van der Waals surface area contributed by atoms with E-state index in [1.807, 2.05) is 36.4 Å². The maximum absolute atomic E-state index is 13.5. The second-order valence-electron chi connectivity index (χ2n) is 10.2. The lowest BCUT2D eigenvalue weighted by Gasteiger charge is -2.31. The van der Waals surface area contributed by atoms with E-state index >= 15 is 0 Å². The van der Waals surface area contributed by atoms with Crippen LogP contribution in [-0.4, -0.2) is 79.7 Å². The van der Waals surface area contributed by atoms with Gasteiger partial charge in [-0.15, -0.1) is 0 Å². The number of carbonyl (C=O) groups is 2. The fourth-order valence-corrected chi connectivity index (χ4v) is 4.76. The van der Waals surface area contributed by atoms with Crippen LogP contribution in [0, 0.1) is 5.92 Å². The highest BCUT2D eigenvalue weighted by atomic mass is 16.5. The first kappa shape index (κ1) is 28.4. The van der Waals surface area contributed by atoms with Crippen LogP contribution in [0.2, 0.25) is 0 Å². The van der Waals surface area contributed by atoms with E-state index in [0.29, 0.717) is 55.9 Å². The Morgan fingerprint density at radius 2 is 1.85 bits per heavy atom. The third-order valence-electron chi connectivity index (χ3n) is 7.01.